The Morgan fingerprint density at radius 3 is 1.83 bits per heavy atom. The highest BCUT2D eigenvalue weighted by atomic mass is 14.6. The summed E-state index contributed by atoms with van der Waals surface area (Å²) in [4.78, 5) is 0. The van der Waals surface area contributed by atoms with Crippen LogP contribution < -0.4 is 5.73 Å². The molecule has 1 aliphatic carbocycles. The Morgan fingerprint density at radius 2 is 1.58 bits per heavy atom. The number of hydrogen-bond acceptors (Lipinski definition) is 1. The zero-order valence-electron chi connectivity index (χ0n) is 9.03. The smallest absolute Gasteiger partial charge is 0.00206 e. The Balaban J connectivity index is 0.000000561. The Hall–Kier alpha value is -0.0400. The summed E-state index contributed by atoms with van der Waals surface area (Å²) in [6, 6.07) is 0. The molecule has 0 aliphatic heterocycles. The molecule has 0 unspecified atom stereocenters. The fraction of sp³-hybridized carbons (Fsp3) is 1.00. The third-order valence-electron chi connectivity index (χ3n) is 3.10. The van der Waals surface area contributed by atoms with Crippen molar-refractivity contribution in [1.82, 2.24) is 0 Å². The lowest BCUT2D eigenvalue weighted by molar-refractivity contribution is 0.191. The lowest BCUT2D eigenvalue weighted by atomic mass is 9.72. The molecular formula is C11H25N. The zero-order valence-corrected chi connectivity index (χ0v) is 9.03. The monoisotopic (exact) mass is 171 g/mol. The Bertz CT molecular complexity index is 87.2. The number of nitrogens with two attached hydrogens (primary N) is 1. The quantitative estimate of drug-likeness (QED) is 0.677. The summed E-state index contributed by atoms with van der Waals surface area (Å²) in [6.07, 6.45) is 8.28. The summed E-state index contributed by atoms with van der Waals surface area (Å²) >= 11 is 0. The molecule has 0 aromatic carbocycles. The van der Waals surface area contributed by atoms with Crippen molar-refractivity contribution in [2.75, 3.05) is 6.54 Å². The van der Waals surface area contributed by atoms with Crippen molar-refractivity contribution in [1.29, 1.82) is 0 Å². The van der Waals surface area contributed by atoms with E-state index in [9.17, 15) is 0 Å². The summed E-state index contributed by atoms with van der Waals surface area (Å²) in [5.41, 5.74) is 6.29. The molecule has 1 saturated carbocycles. The summed E-state index contributed by atoms with van der Waals surface area (Å²) in [5.74, 6) is 0. The molecule has 2 N–H and O–H groups in total. The Kier molecular flexibility index (Phi) is 6.45. The molecule has 0 aromatic heterocycles. The predicted octanol–water partition coefficient (Wildman–Crippen LogP) is 3.33. The van der Waals surface area contributed by atoms with Crippen molar-refractivity contribution in [3.8, 4) is 0 Å². The van der Waals surface area contributed by atoms with E-state index in [-0.39, 0.29) is 0 Å². The third kappa shape index (κ3) is 3.14. The van der Waals surface area contributed by atoms with Crippen molar-refractivity contribution >= 4 is 0 Å². The molecule has 74 valence electrons. The predicted molar refractivity (Wildman–Crippen MR) is 56.2 cm³/mol. The van der Waals surface area contributed by atoms with Gasteiger partial charge < -0.3 is 5.73 Å². The summed E-state index contributed by atoms with van der Waals surface area (Å²) < 4.78 is 0. The van der Waals surface area contributed by atoms with Gasteiger partial charge in [-0.3, -0.25) is 0 Å². The lowest BCUT2D eigenvalue weighted by Gasteiger charge is -2.35. The molecule has 1 aliphatic rings. The number of hydrogen-bond donors (Lipinski definition) is 1. The van der Waals surface area contributed by atoms with Crippen LogP contribution in [0.15, 0.2) is 0 Å². The standard InChI is InChI=1S/C9H19N.C2H6/c1-2-9(8-10)6-4-3-5-7-9;1-2/h2-8,10H2,1H3;1-2H3. The maximum absolute atomic E-state index is 5.75. The summed E-state index contributed by atoms with van der Waals surface area (Å²) in [7, 11) is 0. The second-order valence-corrected chi connectivity index (χ2v) is 3.62. The first-order chi connectivity index (χ1) is 5.83. The minimum Gasteiger partial charge on any atom is -0.330 e. The van der Waals surface area contributed by atoms with Gasteiger partial charge in [-0.25, -0.2) is 0 Å². The average Bonchev–Trinajstić information content (AvgIpc) is 2.22. The molecule has 0 bridgehead atoms. The number of rotatable bonds is 2. The zero-order chi connectivity index (χ0) is 9.45. The SMILES string of the molecule is CC.CCC1(CN)CCCCC1. The topological polar surface area (TPSA) is 26.0 Å². The summed E-state index contributed by atoms with van der Waals surface area (Å²) in [6.45, 7) is 7.18. The van der Waals surface area contributed by atoms with E-state index in [0.717, 1.165) is 6.54 Å². The fourth-order valence-electron chi connectivity index (χ4n) is 2.00. The normalized spacial score (nSPS) is 21.0. The van der Waals surface area contributed by atoms with Crippen LogP contribution in [-0.4, -0.2) is 6.54 Å². The largest absolute Gasteiger partial charge is 0.330 e. The lowest BCUT2D eigenvalue weighted by Crippen LogP contribution is -2.31. The molecule has 1 rings (SSSR count). The van der Waals surface area contributed by atoms with Crippen LogP contribution in [0, 0.1) is 5.41 Å². The molecule has 0 atom stereocenters. The molecule has 0 heterocycles. The van der Waals surface area contributed by atoms with Crippen LogP contribution in [0.2, 0.25) is 0 Å². The van der Waals surface area contributed by atoms with Crippen LogP contribution in [0.5, 0.6) is 0 Å². The van der Waals surface area contributed by atoms with Gasteiger partial charge in [-0.2, -0.15) is 0 Å². The van der Waals surface area contributed by atoms with Crippen molar-refractivity contribution in [3.05, 3.63) is 0 Å². The van der Waals surface area contributed by atoms with Gasteiger partial charge in [-0.05, 0) is 31.2 Å². The van der Waals surface area contributed by atoms with Crippen LogP contribution in [-0.2, 0) is 0 Å². The first kappa shape index (κ1) is 12.0. The van der Waals surface area contributed by atoms with E-state index < -0.39 is 0 Å². The minimum absolute atomic E-state index is 0.540. The first-order valence-corrected chi connectivity index (χ1v) is 5.53. The molecule has 0 radical (unpaired) electrons. The van der Waals surface area contributed by atoms with Gasteiger partial charge in [0.05, 0.1) is 0 Å². The second kappa shape index (κ2) is 6.47. The van der Waals surface area contributed by atoms with E-state index in [1.165, 1.54) is 38.5 Å². The van der Waals surface area contributed by atoms with E-state index in [0.29, 0.717) is 5.41 Å². The molecule has 0 saturated heterocycles. The average molecular weight is 171 g/mol. The maximum Gasteiger partial charge on any atom is -0.00206 e. The van der Waals surface area contributed by atoms with Gasteiger partial charge in [-0.15, -0.1) is 0 Å². The van der Waals surface area contributed by atoms with Gasteiger partial charge in [-0.1, -0.05) is 40.0 Å². The van der Waals surface area contributed by atoms with Gasteiger partial charge in [0.1, 0.15) is 0 Å². The first-order valence-electron chi connectivity index (χ1n) is 5.53. The highest BCUT2D eigenvalue weighted by molar-refractivity contribution is 4.81. The van der Waals surface area contributed by atoms with Gasteiger partial charge in [0.2, 0.25) is 0 Å². The second-order valence-electron chi connectivity index (χ2n) is 3.62. The summed E-state index contributed by atoms with van der Waals surface area (Å²) in [5, 5.41) is 0. The molecule has 0 amide bonds. The highest BCUT2D eigenvalue weighted by Gasteiger charge is 2.27. The van der Waals surface area contributed by atoms with Crippen LogP contribution >= 0.6 is 0 Å². The van der Waals surface area contributed by atoms with E-state index in [2.05, 4.69) is 6.92 Å². The molecule has 0 aromatic rings. The van der Waals surface area contributed by atoms with Crippen LogP contribution in [0.1, 0.15) is 59.3 Å². The molecule has 1 fully saturated rings. The molecule has 0 spiro atoms. The minimum atomic E-state index is 0.540. The maximum atomic E-state index is 5.75. The van der Waals surface area contributed by atoms with Gasteiger partial charge in [0, 0.05) is 0 Å². The van der Waals surface area contributed by atoms with E-state index >= 15 is 0 Å². The van der Waals surface area contributed by atoms with E-state index in [1.54, 1.807) is 0 Å². The van der Waals surface area contributed by atoms with E-state index in [4.69, 9.17) is 5.73 Å². The van der Waals surface area contributed by atoms with Crippen molar-refractivity contribution < 1.29 is 0 Å². The molecule has 1 heteroatoms. The van der Waals surface area contributed by atoms with Gasteiger partial charge >= 0.3 is 0 Å². The van der Waals surface area contributed by atoms with Gasteiger partial charge in [0.15, 0.2) is 0 Å². The van der Waals surface area contributed by atoms with Gasteiger partial charge in [0.25, 0.3) is 0 Å². The Labute approximate surface area is 77.7 Å². The van der Waals surface area contributed by atoms with Crippen molar-refractivity contribution in [2.24, 2.45) is 11.1 Å². The van der Waals surface area contributed by atoms with Crippen LogP contribution in [0.3, 0.4) is 0 Å². The third-order valence-corrected chi connectivity index (χ3v) is 3.10. The molecule has 12 heavy (non-hydrogen) atoms. The van der Waals surface area contributed by atoms with Crippen LogP contribution in [0.25, 0.3) is 0 Å². The van der Waals surface area contributed by atoms with Crippen molar-refractivity contribution in [2.45, 2.75) is 59.3 Å². The van der Waals surface area contributed by atoms with E-state index in [1.807, 2.05) is 13.8 Å². The van der Waals surface area contributed by atoms with Crippen LogP contribution in [0.4, 0.5) is 0 Å². The Morgan fingerprint density at radius 1 is 1.08 bits per heavy atom. The molecule has 1 nitrogen and oxygen atoms in total. The molecular weight excluding hydrogens is 146 g/mol. The van der Waals surface area contributed by atoms with Crippen molar-refractivity contribution in [3.63, 3.8) is 0 Å². The highest BCUT2D eigenvalue weighted by Crippen LogP contribution is 2.37. The fourth-order valence-corrected chi connectivity index (χ4v) is 2.00.